The highest BCUT2D eigenvalue weighted by Crippen LogP contribution is 2.35. The standard InChI is InChI=1S/C39H24F14O2/c1-2-21(5-3-11-54-24-17-28(40)26(29(41)18-24)9-7-22-13-32(44)36(33(45)14-22)38(48,49)50)6-4-12-55-25-19-30(42)27(31(43)20-25)10-8-23-15-34(46)37(35(47)16-23)39(51,52)53/h2,13-21H,1,3-6,11-12H2. The van der Waals surface area contributed by atoms with E-state index in [1.54, 1.807) is 6.08 Å². The Morgan fingerprint density at radius 2 is 0.800 bits per heavy atom. The number of ether oxygens (including phenoxy) is 2. The summed E-state index contributed by atoms with van der Waals surface area (Å²) in [5.74, 6) is -5.03. The highest BCUT2D eigenvalue weighted by Gasteiger charge is 2.38. The van der Waals surface area contributed by atoms with Gasteiger partial charge in [-0.2, -0.15) is 26.3 Å². The average molecular weight is 791 g/mol. The fraction of sp³-hybridized carbons (Fsp3) is 0.231. The summed E-state index contributed by atoms with van der Waals surface area (Å²) in [5, 5.41) is 0. The van der Waals surface area contributed by atoms with Crippen LogP contribution in [0.3, 0.4) is 0 Å². The van der Waals surface area contributed by atoms with E-state index >= 15 is 0 Å². The Kier molecular flexibility index (Phi) is 13.5. The van der Waals surface area contributed by atoms with Crippen molar-refractivity contribution in [2.45, 2.75) is 38.0 Å². The number of benzene rings is 4. The van der Waals surface area contributed by atoms with Crippen molar-refractivity contribution in [3.05, 3.63) is 141 Å². The molecule has 0 radical (unpaired) electrons. The van der Waals surface area contributed by atoms with E-state index in [1.807, 2.05) is 23.7 Å². The third-order valence-electron chi connectivity index (χ3n) is 7.66. The van der Waals surface area contributed by atoms with Gasteiger partial charge in [0.25, 0.3) is 0 Å². The molecule has 0 bridgehead atoms. The Morgan fingerprint density at radius 3 is 1.07 bits per heavy atom. The maximum Gasteiger partial charge on any atom is 0.422 e. The van der Waals surface area contributed by atoms with E-state index in [0.29, 0.717) is 25.7 Å². The summed E-state index contributed by atoms with van der Waals surface area (Å²) < 4.78 is 201. The second-order valence-corrected chi connectivity index (χ2v) is 11.6. The molecule has 2 nitrogen and oxygen atoms in total. The van der Waals surface area contributed by atoms with E-state index in [0.717, 1.165) is 24.3 Å². The molecular weight excluding hydrogens is 766 g/mol. The number of allylic oxidation sites excluding steroid dienone is 1. The zero-order valence-electron chi connectivity index (χ0n) is 27.8. The van der Waals surface area contributed by atoms with E-state index in [4.69, 9.17) is 9.47 Å². The fourth-order valence-corrected chi connectivity index (χ4v) is 5.06. The van der Waals surface area contributed by atoms with Crippen molar-refractivity contribution in [2.24, 2.45) is 5.92 Å². The molecule has 0 atom stereocenters. The molecular formula is C39H24F14O2. The van der Waals surface area contributed by atoms with Gasteiger partial charge in [-0.1, -0.05) is 29.8 Å². The van der Waals surface area contributed by atoms with Gasteiger partial charge in [0.15, 0.2) is 0 Å². The Morgan fingerprint density at radius 1 is 0.491 bits per heavy atom. The molecule has 0 aliphatic heterocycles. The van der Waals surface area contributed by atoms with E-state index < -0.39 is 92.3 Å². The van der Waals surface area contributed by atoms with Crippen LogP contribution in [0.15, 0.2) is 61.2 Å². The summed E-state index contributed by atoms with van der Waals surface area (Å²) in [6.07, 6.45) is -7.19. The summed E-state index contributed by atoms with van der Waals surface area (Å²) in [7, 11) is 0. The van der Waals surface area contributed by atoms with Crippen LogP contribution in [-0.2, 0) is 12.4 Å². The van der Waals surface area contributed by atoms with Gasteiger partial charge in [-0.05, 0) is 55.9 Å². The molecule has 0 saturated heterocycles. The molecule has 16 heteroatoms. The average Bonchev–Trinajstić information content (AvgIpc) is 3.05. The van der Waals surface area contributed by atoms with Crippen molar-refractivity contribution < 1.29 is 70.9 Å². The topological polar surface area (TPSA) is 18.5 Å². The van der Waals surface area contributed by atoms with Crippen molar-refractivity contribution >= 4 is 0 Å². The number of hydrogen-bond acceptors (Lipinski definition) is 2. The minimum atomic E-state index is -5.30. The Labute approximate surface area is 304 Å². The lowest BCUT2D eigenvalue weighted by Crippen LogP contribution is -2.11. The van der Waals surface area contributed by atoms with Crippen LogP contribution in [0.2, 0.25) is 0 Å². The first kappa shape index (κ1) is 42.1. The van der Waals surface area contributed by atoms with Crippen LogP contribution in [0.1, 0.15) is 59.1 Å². The highest BCUT2D eigenvalue weighted by molar-refractivity contribution is 5.48. The van der Waals surface area contributed by atoms with E-state index in [2.05, 4.69) is 6.58 Å². The summed E-state index contributed by atoms with van der Waals surface area (Å²) in [6, 6.07) is 4.34. The fourth-order valence-electron chi connectivity index (χ4n) is 5.06. The first-order valence-electron chi connectivity index (χ1n) is 15.8. The second kappa shape index (κ2) is 17.7. The largest absolute Gasteiger partial charge is 0.493 e. The zero-order valence-corrected chi connectivity index (χ0v) is 27.8. The van der Waals surface area contributed by atoms with Gasteiger partial charge < -0.3 is 9.47 Å². The predicted molar refractivity (Wildman–Crippen MR) is 171 cm³/mol. The molecule has 4 aromatic carbocycles. The normalized spacial score (nSPS) is 11.5. The van der Waals surface area contributed by atoms with Crippen LogP contribution in [0.5, 0.6) is 11.5 Å². The Bertz CT molecular complexity index is 1940. The number of alkyl halides is 6. The Balaban J connectivity index is 1.25. The summed E-state index contributed by atoms with van der Waals surface area (Å²) in [6.45, 7) is 3.75. The molecule has 0 aliphatic rings. The SMILES string of the molecule is C=CC(CCCOc1cc(F)c(C#Cc2cc(F)c(C(F)(F)F)c(F)c2)c(F)c1)CCCOc1cc(F)c(C#Cc2cc(F)c(C(F)(F)F)c(F)c2)c(F)c1. The van der Waals surface area contributed by atoms with Crippen molar-refractivity contribution in [3.63, 3.8) is 0 Å². The van der Waals surface area contributed by atoms with E-state index in [1.165, 1.54) is 0 Å². The molecule has 55 heavy (non-hydrogen) atoms. The lowest BCUT2D eigenvalue weighted by Gasteiger charge is -2.14. The number of hydrogen-bond donors (Lipinski definition) is 0. The maximum absolute atomic E-state index is 14.6. The van der Waals surface area contributed by atoms with Gasteiger partial charge in [0.05, 0.1) is 24.3 Å². The first-order valence-corrected chi connectivity index (χ1v) is 15.8. The molecule has 0 heterocycles. The molecule has 0 aromatic heterocycles. The molecule has 0 amide bonds. The van der Waals surface area contributed by atoms with Gasteiger partial charge in [-0.15, -0.1) is 6.58 Å². The van der Waals surface area contributed by atoms with Crippen molar-refractivity contribution in [1.82, 2.24) is 0 Å². The van der Waals surface area contributed by atoms with Gasteiger partial charge in [0.2, 0.25) is 0 Å². The van der Waals surface area contributed by atoms with Crippen LogP contribution < -0.4 is 9.47 Å². The molecule has 0 saturated carbocycles. The molecule has 0 N–H and O–H groups in total. The van der Waals surface area contributed by atoms with E-state index in [9.17, 15) is 61.5 Å². The van der Waals surface area contributed by atoms with Gasteiger partial charge in [0, 0.05) is 35.4 Å². The van der Waals surface area contributed by atoms with Crippen LogP contribution in [0.4, 0.5) is 61.5 Å². The maximum atomic E-state index is 14.6. The van der Waals surface area contributed by atoms with Crippen LogP contribution in [0.25, 0.3) is 0 Å². The summed E-state index contributed by atoms with van der Waals surface area (Å²) in [5.41, 5.74) is -7.06. The number of rotatable bonds is 11. The van der Waals surface area contributed by atoms with Crippen LogP contribution in [0, 0.1) is 76.1 Å². The third-order valence-corrected chi connectivity index (χ3v) is 7.66. The molecule has 0 fully saturated rings. The van der Waals surface area contributed by atoms with Crippen LogP contribution in [-0.4, -0.2) is 13.2 Å². The summed E-state index contributed by atoms with van der Waals surface area (Å²) >= 11 is 0. The van der Waals surface area contributed by atoms with Gasteiger partial charge in [0.1, 0.15) is 69.2 Å². The van der Waals surface area contributed by atoms with Crippen molar-refractivity contribution in [1.29, 1.82) is 0 Å². The molecule has 290 valence electrons. The minimum Gasteiger partial charge on any atom is -0.493 e. The molecule has 4 aromatic rings. The third kappa shape index (κ3) is 11.2. The predicted octanol–water partition coefficient (Wildman–Crippen LogP) is 11.5. The summed E-state index contributed by atoms with van der Waals surface area (Å²) in [4.78, 5) is 0. The monoisotopic (exact) mass is 790 g/mol. The Hall–Kier alpha value is -5.64. The zero-order chi connectivity index (χ0) is 40.7. The highest BCUT2D eigenvalue weighted by atomic mass is 19.4. The first-order chi connectivity index (χ1) is 25.8. The second-order valence-electron chi connectivity index (χ2n) is 11.6. The van der Waals surface area contributed by atoms with Crippen LogP contribution >= 0.6 is 0 Å². The van der Waals surface area contributed by atoms with Crippen molar-refractivity contribution in [3.8, 4) is 35.2 Å². The minimum absolute atomic E-state index is 0.00535. The molecule has 0 spiro atoms. The number of halogens is 14. The quantitative estimate of drug-likeness (QED) is 0.0652. The van der Waals surface area contributed by atoms with Gasteiger partial charge in [-0.3, -0.25) is 0 Å². The molecule has 0 unspecified atom stereocenters. The molecule has 0 aliphatic carbocycles. The van der Waals surface area contributed by atoms with Crippen molar-refractivity contribution in [2.75, 3.05) is 13.2 Å². The van der Waals surface area contributed by atoms with Gasteiger partial charge >= 0.3 is 12.4 Å². The van der Waals surface area contributed by atoms with Gasteiger partial charge in [-0.25, -0.2) is 35.1 Å². The smallest absolute Gasteiger partial charge is 0.422 e. The van der Waals surface area contributed by atoms with E-state index in [-0.39, 0.29) is 54.9 Å². The lowest BCUT2D eigenvalue weighted by molar-refractivity contribution is -0.143. The lowest BCUT2D eigenvalue weighted by atomic mass is 9.98. The molecule has 4 rings (SSSR count).